The largest absolute Gasteiger partial charge is 0.345 e. The minimum Gasteiger partial charge on any atom is -0.345 e. The number of carbonyl (C=O) groups excluding carboxylic acids is 2. The van der Waals surface area contributed by atoms with Crippen LogP contribution in [0.25, 0.3) is 11.0 Å². The summed E-state index contributed by atoms with van der Waals surface area (Å²) in [5.41, 5.74) is 2.19. The number of hydrogen-bond donors (Lipinski definition) is 1. The number of hydrogen-bond acceptors (Lipinski definition) is 3. The lowest BCUT2D eigenvalue weighted by Gasteiger charge is -2.09. The molecule has 0 fully saturated rings. The number of Topliss-reactive ketones (excluding diaryl/α,β-unsaturated/α-hetero) is 1. The van der Waals surface area contributed by atoms with Crippen molar-refractivity contribution in [2.45, 2.75) is 13.1 Å². The molecule has 1 heterocycles. The van der Waals surface area contributed by atoms with E-state index in [0.29, 0.717) is 16.4 Å². The lowest BCUT2D eigenvalue weighted by molar-refractivity contribution is -0.116. The highest BCUT2D eigenvalue weighted by molar-refractivity contribution is 6.30. The molecule has 3 rings (SSSR count). The molecular formula is C19H16ClN3O2. The Morgan fingerprint density at radius 1 is 1.16 bits per heavy atom. The Morgan fingerprint density at radius 3 is 2.60 bits per heavy atom. The number of nitrogens with zero attached hydrogens (tertiary/aromatic N) is 2. The first-order chi connectivity index (χ1) is 12.1. The highest BCUT2D eigenvalue weighted by atomic mass is 35.5. The Bertz CT molecular complexity index is 945. The number of imidazole rings is 1. The molecule has 0 aliphatic rings. The second kappa shape index (κ2) is 7.32. The minimum atomic E-state index is -0.289. The Morgan fingerprint density at radius 2 is 1.88 bits per heavy atom. The SMILES string of the molecule is C=CC(=O)NCc1nc2ccccc2n1CC(=O)c1ccc(Cl)cc1. The number of benzene rings is 2. The molecule has 5 nitrogen and oxygen atoms in total. The summed E-state index contributed by atoms with van der Waals surface area (Å²) in [5.74, 6) is 0.262. The topological polar surface area (TPSA) is 64.0 Å². The summed E-state index contributed by atoms with van der Waals surface area (Å²) in [7, 11) is 0. The average Bonchev–Trinajstić information content (AvgIpc) is 2.98. The van der Waals surface area contributed by atoms with Gasteiger partial charge in [0, 0.05) is 10.6 Å². The third-order valence-corrected chi connectivity index (χ3v) is 4.06. The number of carbonyl (C=O) groups is 2. The molecule has 25 heavy (non-hydrogen) atoms. The van der Waals surface area contributed by atoms with E-state index in [-0.39, 0.29) is 24.8 Å². The molecule has 0 saturated carbocycles. The lowest BCUT2D eigenvalue weighted by Crippen LogP contribution is -2.23. The first-order valence-corrected chi connectivity index (χ1v) is 8.09. The fraction of sp³-hybridized carbons (Fsp3) is 0.105. The van der Waals surface area contributed by atoms with Crippen LogP contribution in [-0.2, 0) is 17.9 Å². The van der Waals surface area contributed by atoms with Gasteiger partial charge in [-0.3, -0.25) is 9.59 Å². The van der Waals surface area contributed by atoms with Crippen molar-refractivity contribution < 1.29 is 9.59 Å². The Balaban J connectivity index is 1.92. The number of ketones is 1. The van der Waals surface area contributed by atoms with Gasteiger partial charge in [0.1, 0.15) is 5.82 Å². The van der Waals surface area contributed by atoms with Gasteiger partial charge < -0.3 is 9.88 Å². The predicted molar refractivity (Wildman–Crippen MR) is 97.6 cm³/mol. The molecule has 1 N–H and O–H groups in total. The number of aromatic nitrogens is 2. The second-order valence-electron chi connectivity index (χ2n) is 5.45. The van der Waals surface area contributed by atoms with Crippen molar-refractivity contribution >= 4 is 34.3 Å². The maximum Gasteiger partial charge on any atom is 0.243 e. The summed E-state index contributed by atoms with van der Waals surface area (Å²) in [6.07, 6.45) is 1.20. The molecule has 0 radical (unpaired) electrons. The van der Waals surface area contributed by atoms with Gasteiger partial charge in [0.25, 0.3) is 0 Å². The first kappa shape index (κ1) is 16.9. The first-order valence-electron chi connectivity index (χ1n) is 7.71. The van der Waals surface area contributed by atoms with E-state index in [4.69, 9.17) is 11.6 Å². The van der Waals surface area contributed by atoms with E-state index in [1.54, 1.807) is 24.3 Å². The third kappa shape index (κ3) is 3.78. The van der Waals surface area contributed by atoms with E-state index in [1.165, 1.54) is 6.08 Å². The normalized spacial score (nSPS) is 10.6. The van der Waals surface area contributed by atoms with Crippen molar-refractivity contribution in [1.82, 2.24) is 14.9 Å². The van der Waals surface area contributed by atoms with Crippen LogP contribution in [0.2, 0.25) is 5.02 Å². The molecule has 0 saturated heterocycles. The Labute approximate surface area is 149 Å². The zero-order valence-corrected chi connectivity index (χ0v) is 14.2. The molecule has 1 aromatic heterocycles. The van der Waals surface area contributed by atoms with Crippen LogP contribution in [0.1, 0.15) is 16.2 Å². The van der Waals surface area contributed by atoms with Crippen LogP contribution in [0.3, 0.4) is 0 Å². The van der Waals surface area contributed by atoms with Crippen LogP contribution in [0, 0.1) is 0 Å². The summed E-state index contributed by atoms with van der Waals surface area (Å²) in [6, 6.07) is 14.3. The number of amides is 1. The van der Waals surface area contributed by atoms with Crippen LogP contribution in [0.15, 0.2) is 61.2 Å². The van der Waals surface area contributed by atoms with Gasteiger partial charge in [-0.15, -0.1) is 0 Å². The average molecular weight is 354 g/mol. The predicted octanol–water partition coefficient (Wildman–Crippen LogP) is 3.37. The van der Waals surface area contributed by atoms with Crippen LogP contribution in [0.5, 0.6) is 0 Å². The molecular weight excluding hydrogens is 338 g/mol. The Kier molecular flexibility index (Phi) is 4.95. The van der Waals surface area contributed by atoms with Gasteiger partial charge in [0.05, 0.1) is 24.1 Å². The third-order valence-electron chi connectivity index (χ3n) is 3.81. The van der Waals surface area contributed by atoms with Crippen LogP contribution in [-0.4, -0.2) is 21.2 Å². The highest BCUT2D eigenvalue weighted by Crippen LogP contribution is 2.18. The molecule has 0 aliphatic heterocycles. The summed E-state index contributed by atoms with van der Waals surface area (Å²) in [5, 5.41) is 3.28. The quantitative estimate of drug-likeness (QED) is 0.546. The zero-order chi connectivity index (χ0) is 17.8. The van der Waals surface area contributed by atoms with Gasteiger partial charge in [0.2, 0.25) is 5.91 Å². The summed E-state index contributed by atoms with van der Waals surface area (Å²) < 4.78 is 1.82. The molecule has 2 aromatic carbocycles. The molecule has 0 atom stereocenters. The maximum absolute atomic E-state index is 12.6. The fourth-order valence-corrected chi connectivity index (χ4v) is 2.67. The zero-order valence-electron chi connectivity index (χ0n) is 13.4. The molecule has 0 aliphatic carbocycles. The van der Waals surface area contributed by atoms with Gasteiger partial charge in [0.15, 0.2) is 5.78 Å². The molecule has 6 heteroatoms. The van der Waals surface area contributed by atoms with Crippen molar-refractivity contribution in [3.8, 4) is 0 Å². The summed E-state index contributed by atoms with van der Waals surface area (Å²) >= 11 is 5.87. The fourth-order valence-electron chi connectivity index (χ4n) is 2.55. The van der Waals surface area contributed by atoms with Crippen LogP contribution in [0.4, 0.5) is 0 Å². The van der Waals surface area contributed by atoms with Gasteiger partial charge in [-0.05, 0) is 42.5 Å². The van der Waals surface area contributed by atoms with E-state index in [0.717, 1.165) is 11.0 Å². The van der Waals surface area contributed by atoms with Crippen molar-refractivity contribution in [3.63, 3.8) is 0 Å². The van der Waals surface area contributed by atoms with Crippen molar-refractivity contribution in [3.05, 3.63) is 77.6 Å². The van der Waals surface area contributed by atoms with Crippen molar-refractivity contribution in [2.75, 3.05) is 0 Å². The summed E-state index contributed by atoms with van der Waals surface area (Å²) in [6.45, 7) is 3.77. The van der Waals surface area contributed by atoms with Crippen LogP contribution < -0.4 is 5.32 Å². The molecule has 0 spiro atoms. The maximum atomic E-state index is 12.6. The lowest BCUT2D eigenvalue weighted by atomic mass is 10.1. The molecule has 0 bridgehead atoms. The molecule has 1 amide bonds. The van der Waals surface area contributed by atoms with E-state index in [9.17, 15) is 9.59 Å². The number of nitrogens with one attached hydrogen (secondary N) is 1. The summed E-state index contributed by atoms with van der Waals surface area (Å²) in [4.78, 5) is 28.6. The van der Waals surface area contributed by atoms with Gasteiger partial charge in [-0.2, -0.15) is 0 Å². The number of para-hydroxylation sites is 2. The monoisotopic (exact) mass is 353 g/mol. The highest BCUT2D eigenvalue weighted by Gasteiger charge is 2.15. The van der Waals surface area contributed by atoms with Crippen molar-refractivity contribution in [2.24, 2.45) is 0 Å². The van der Waals surface area contributed by atoms with Gasteiger partial charge >= 0.3 is 0 Å². The van der Waals surface area contributed by atoms with Gasteiger partial charge in [-0.1, -0.05) is 30.3 Å². The number of fused-ring (bicyclic) bond motifs is 1. The van der Waals surface area contributed by atoms with E-state index in [2.05, 4.69) is 16.9 Å². The van der Waals surface area contributed by atoms with Crippen LogP contribution >= 0.6 is 11.6 Å². The van der Waals surface area contributed by atoms with E-state index in [1.807, 2.05) is 28.8 Å². The minimum absolute atomic E-state index is 0.0592. The smallest absolute Gasteiger partial charge is 0.243 e. The molecule has 3 aromatic rings. The van der Waals surface area contributed by atoms with Gasteiger partial charge in [-0.25, -0.2) is 4.98 Å². The second-order valence-corrected chi connectivity index (χ2v) is 5.89. The van der Waals surface area contributed by atoms with E-state index >= 15 is 0 Å². The van der Waals surface area contributed by atoms with Crippen molar-refractivity contribution in [1.29, 1.82) is 0 Å². The number of halogens is 1. The molecule has 126 valence electrons. The number of rotatable bonds is 6. The van der Waals surface area contributed by atoms with E-state index < -0.39 is 0 Å². The standard InChI is InChI=1S/C19H16ClN3O2/c1-2-19(25)21-11-18-22-15-5-3-4-6-16(15)23(18)12-17(24)13-7-9-14(20)10-8-13/h2-10H,1,11-12H2,(H,21,25). The molecule has 0 unspecified atom stereocenters. The Hall–Kier alpha value is -2.92.